The van der Waals surface area contributed by atoms with E-state index in [1.165, 1.54) is 22.5 Å². The molecular weight excluding hydrogens is 300 g/mol. The zero-order chi connectivity index (χ0) is 14.5. The van der Waals surface area contributed by atoms with Crippen LogP contribution in [-0.4, -0.2) is 4.98 Å². The van der Waals surface area contributed by atoms with E-state index in [1.54, 1.807) is 0 Å². The summed E-state index contributed by atoms with van der Waals surface area (Å²) in [6.45, 7) is 0.746. The van der Waals surface area contributed by atoms with Crippen LogP contribution < -0.4 is 5.32 Å². The van der Waals surface area contributed by atoms with Gasteiger partial charge in [0.2, 0.25) is 0 Å². The Hall–Kier alpha value is -1.84. The van der Waals surface area contributed by atoms with Crippen LogP contribution >= 0.6 is 22.9 Å². The lowest BCUT2D eigenvalue weighted by Crippen LogP contribution is -2.01. The van der Waals surface area contributed by atoms with Gasteiger partial charge in [0.05, 0.1) is 6.54 Å². The van der Waals surface area contributed by atoms with Gasteiger partial charge in [0, 0.05) is 16.8 Å². The van der Waals surface area contributed by atoms with E-state index in [0.29, 0.717) is 4.47 Å². The summed E-state index contributed by atoms with van der Waals surface area (Å²) < 4.78 is 0.587. The first-order valence-electron chi connectivity index (χ1n) is 6.77. The van der Waals surface area contributed by atoms with Crippen LogP contribution in [0, 0.1) is 0 Å². The Kier molecular flexibility index (Phi) is 4.53. The number of benzene rings is 2. The molecule has 21 heavy (non-hydrogen) atoms. The van der Waals surface area contributed by atoms with Gasteiger partial charge >= 0.3 is 0 Å². The third kappa shape index (κ3) is 3.84. The predicted molar refractivity (Wildman–Crippen MR) is 90.1 cm³/mol. The molecule has 1 aromatic heterocycles. The van der Waals surface area contributed by atoms with Gasteiger partial charge in [-0.05, 0) is 23.6 Å². The number of rotatable bonds is 5. The van der Waals surface area contributed by atoms with Crippen LogP contribution in [0.25, 0.3) is 0 Å². The number of nitrogens with zero attached hydrogens (tertiary/aromatic N) is 1. The summed E-state index contributed by atoms with van der Waals surface area (Å²) >= 11 is 7.37. The number of aromatic nitrogens is 1. The Labute approximate surface area is 133 Å². The number of nitrogens with one attached hydrogen (secondary N) is 1. The summed E-state index contributed by atoms with van der Waals surface area (Å²) in [5, 5.41) is 3.47. The maximum atomic E-state index is 5.86. The van der Waals surface area contributed by atoms with Crippen LogP contribution in [0.4, 0.5) is 5.69 Å². The molecule has 0 unspecified atom stereocenters. The maximum Gasteiger partial charge on any atom is 0.183 e. The Bertz CT molecular complexity index is 710. The summed E-state index contributed by atoms with van der Waals surface area (Å²) in [7, 11) is 0. The van der Waals surface area contributed by atoms with Crippen LogP contribution in [0.3, 0.4) is 0 Å². The number of hydrogen-bond donors (Lipinski definition) is 1. The number of thiazole rings is 1. The summed E-state index contributed by atoms with van der Waals surface area (Å²) in [6, 6.07) is 18.9. The average molecular weight is 315 g/mol. The van der Waals surface area contributed by atoms with Crippen molar-refractivity contribution in [2.75, 3.05) is 5.32 Å². The standard InChI is InChI=1S/C17H15ClN2S/c18-17-20-12-15(21-17)11-19-16-9-5-4-8-14(16)10-13-6-2-1-3-7-13/h1-9,12,19H,10-11H2. The first-order valence-corrected chi connectivity index (χ1v) is 7.96. The van der Waals surface area contributed by atoms with Crippen LogP contribution in [0.15, 0.2) is 60.8 Å². The molecule has 0 atom stereocenters. The highest BCUT2D eigenvalue weighted by atomic mass is 35.5. The van der Waals surface area contributed by atoms with E-state index in [0.717, 1.165) is 23.5 Å². The molecule has 0 spiro atoms. The molecular formula is C17H15ClN2S. The minimum absolute atomic E-state index is 0.587. The van der Waals surface area contributed by atoms with Gasteiger partial charge in [-0.1, -0.05) is 60.1 Å². The SMILES string of the molecule is Clc1ncc(CNc2ccccc2Cc2ccccc2)s1. The molecule has 3 aromatic rings. The summed E-state index contributed by atoms with van der Waals surface area (Å²) in [5.41, 5.74) is 3.76. The molecule has 1 N–H and O–H groups in total. The van der Waals surface area contributed by atoms with Crippen LogP contribution in [0.2, 0.25) is 4.47 Å². The van der Waals surface area contributed by atoms with Crippen LogP contribution in [0.1, 0.15) is 16.0 Å². The normalized spacial score (nSPS) is 10.5. The fourth-order valence-electron chi connectivity index (χ4n) is 2.21. The number of para-hydroxylation sites is 1. The van der Waals surface area contributed by atoms with Gasteiger partial charge in [-0.3, -0.25) is 0 Å². The van der Waals surface area contributed by atoms with E-state index in [1.807, 2.05) is 12.3 Å². The van der Waals surface area contributed by atoms with Crippen molar-refractivity contribution in [3.8, 4) is 0 Å². The second kappa shape index (κ2) is 6.74. The summed E-state index contributed by atoms with van der Waals surface area (Å²) in [5.74, 6) is 0. The van der Waals surface area contributed by atoms with Crippen molar-refractivity contribution in [2.45, 2.75) is 13.0 Å². The van der Waals surface area contributed by atoms with E-state index in [9.17, 15) is 0 Å². The van der Waals surface area contributed by atoms with Gasteiger partial charge < -0.3 is 5.32 Å². The molecule has 0 saturated heterocycles. The lowest BCUT2D eigenvalue weighted by atomic mass is 10.0. The molecule has 106 valence electrons. The third-order valence-electron chi connectivity index (χ3n) is 3.23. The highest BCUT2D eigenvalue weighted by molar-refractivity contribution is 7.15. The molecule has 0 aliphatic rings. The molecule has 0 saturated carbocycles. The van der Waals surface area contributed by atoms with Gasteiger partial charge in [0.1, 0.15) is 0 Å². The van der Waals surface area contributed by atoms with E-state index >= 15 is 0 Å². The minimum Gasteiger partial charge on any atom is -0.380 e. The second-order valence-electron chi connectivity index (χ2n) is 4.75. The monoisotopic (exact) mass is 314 g/mol. The number of hydrogen-bond acceptors (Lipinski definition) is 3. The first-order chi connectivity index (χ1) is 10.3. The van der Waals surface area contributed by atoms with Crippen molar-refractivity contribution < 1.29 is 0 Å². The van der Waals surface area contributed by atoms with Crippen molar-refractivity contribution in [3.05, 3.63) is 81.3 Å². The molecule has 0 fully saturated rings. The van der Waals surface area contributed by atoms with Crippen LogP contribution in [-0.2, 0) is 13.0 Å². The smallest absolute Gasteiger partial charge is 0.183 e. The fraction of sp³-hybridized carbons (Fsp3) is 0.118. The number of halogens is 1. The number of anilines is 1. The molecule has 3 rings (SSSR count). The van der Waals surface area contributed by atoms with Gasteiger partial charge in [-0.2, -0.15) is 0 Å². The van der Waals surface area contributed by atoms with E-state index < -0.39 is 0 Å². The zero-order valence-electron chi connectivity index (χ0n) is 11.4. The minimum atomic E-state index is 0.587. The summed E-state index contributed by atoms with van der Waals surface area (Å²) in [6.07, 6.45) is 2.74. The Morgan fingerprint density at radius 1 is 1.00 bits per heavy atom. The quantitative estimate of drug-likeness (QED) is 0.717. The van der Waals surface area contributed by atoms with E-state index in [4.69, 9.17) is 11.6 Å². The Morgan fingerprint density at radius 2 is 1.76 bits per heavy atom. The molecule has 0 radical (unpaired) electrons. The maximum absolute atomic E-state index is 5.86. The second-order valence-corrected chi connectivity index (χ2v) is 6.45. The highest BCUT2D eigenvalue weighted by Crippen LogP contribution is 2.22. The van der Waals surface area contributed by atoms with Crippen molar-refractivity contribution in [1.82, 2.24) is 4.98 Å². The zero-order valence-corrected chi connectivity index (χ0v) is 13.0. The molecule has 0 bridgehead atoms. The predicted octanol–water partition coefficient (Wildman–Crippen LogP) is 5.00. The first kappa shape index (κ1) is 14.1. The molecule has 1 heterocycles. The fourth-order valence-corrected chi connectivity index (χ4v) is 3.13. The topological polar surface area (TPSA) is 24.9 Å². The van der Waals surface area contributed by atoms with Crippen molar-refractivity contribution >= 4 is 28.6 Å². The third-order valence-corrected chi connectivity index (χ3v) is 4.35. The average Bonchev–Trinajstić information content (AvgIpc) is 2.93. The Balaban J connectivity index is 1.73. The van der Waals surface area contributed by atoms with Gasteiger partial charge in [-0.15, -0.1) is 11.3 Å². The molecule has 2 nitrogen and oxygen atoms in total. The van der Waals surface area contributed by atoms with E-state index in [-0.39, 0.29) is 0 Å². The van der Waals surface area contributed by atoms with Gasteiger partial charge in [-0.25, -0.2) is 4.98 Å². The van der Waals surface area contributed by atoms with Gasteiger partial charge in [0.15, 0.2) is 4.47 Å². The molecule has 4 heteroatoms. The highest BCUT2D eigenvalue weighted by Gasteiger charge is 2.04. The van der Waals surface area contributed by atoms with Crippen molar-refractivity contribution in [1.29, 1.82) is 0 Å². The largest absolute Gasteiger partial charge is 0.380 e. The molecule has 2 aromatic carbocycles. The van der Waals surface area contributed by atoms with Crippen molar-refractivity contribution in [3.63, 3.8) is 0 Å². The molecule has 0 amide bonds. The van der Waals surface area contributed by atoms with Crippen LogP contribution in [0.5, 0.6) is 0 Å². The van der Waals surface area contributed by atoms with Crippen molar-refractivity contribution in [2.24, 2.45) is 0 Å². The summed E-state index contributed by atoms with van der Waals surface area (Å²) in [4.78, 5) is 5.20. The lowest BCUT2D eigenvalue weighted by Gasteiger charge is -2.11. The molecule has 0 aliphatic heterocycles. The van der Waals surface area contributed by atoms with E-state index in [2.05, 4.69) is 58.8 Å². The Morgan fingerprint density at radius 3 is 2.52 bits per heavy atom. The lowest BCUT2D eigenvalue weighted by molar-refractivity contribution is 1.13. The molecule has 0 aliphatic carbocycles. The van der Waals surface area contributed by atoms with Gasteiger partial charge in [0.25, 0.3) is 0 Å².